The fourth-order valence-electron chi connectivity index (χ4n) is 4.02. The molecule has 0 aliphatic rings. The molecule has 0 unspecified atom stereocenters. The first-order valence-electron chi connectivity index (χ1n) is 12.5. The Morgan fingerprint density at radius 1 is 0.917 bits per heavy atom. The first-order chi connectivity index (χ1) is 17.2. The van der Waals surface area contributed by atoms with E-state index >= 15 is 8.78 Å². The number of methoxy groups -OCH3 is 2. The van der Waals surface area contributed by atoms with E-state index in [1.165, 1.54) is 14.2 Å². The van der Waals surface area contributed by atoms with Crippen molar-refractivity contribution in [1.82, 2.24) is 0 Å². The van der Waals surface area contributed by atoms with Crippen LogP contribution in [-0.2, 0) is 17.6 Å². The lowest BCUT2D eigenvalue weighted by Crippen LogP contribution is -2.10. The lowest BCUT2D eigenvalue weighted by atomic mass is 10.0. The maximum absolute atomic E-state index is 15.4. The van der Waals surface area contributed by atoms with E-state index in [1.54, 1.807) is 26.0 Å². The van der Waals surface area contributed by atoms with Gasteiger partial charge in [0.1, 0.15) is 0 Å². The number of carbonyl (C=O) groups is 1. The maximum Gasteiger partial charge on any atom is 0.197 e. The van der Waals surface area contributed by atoms with Gasteiger partial charge in [0.15, 0.2) is 40.4 Å². The number of ketones is 1. The van der Waals surface area contributed by atoms with Crippen molar-refractivity contribution in [3.63, 3.8) is 0 Å². The number of aryl methyl sites for hydroxylation is 2. The molecule has 0 aromatic heterocycles. The zero-order chi connectivity index (χ0) is 26.8. The molecule has 0 saturated heterocycles. The summed E-state index contributed by atoms with van der Waals surface area (Å²) in [7, 11) is 2.92. The highest BCUT2D eigenvalue weighted by atomic mass is 19.1. The van der Waals surface area contributed by atoms with Crippen LogP contribution in [0.3, 0.4) is 0 Å². The predicted molar refractivity (Wildman–Crippen MR) is 139 cm³/mol. The molecule has 0 spiro atoms. The summed E-state index contributed by atoms with van der Waals surface area (Å²) in [5.41, 5.74) is 2.91. The van der Waals surface area contributed by atoms with Crippen LogP contribution in [0.5, 0.6) is 23.0 Å². The Balaban J connectivity index is 2.16. The Kier molecular flexibility index (Phi) is 11.2. The standard InChI is InChI=1S/C29H38F2O5/c1-8-12-23(32)19(5)15-22-18(4)16-24(33-6)28(27(22)31)35-13-11-14-36-29-25(34-7)17-20(9-2)21(10-3)26(29)30/h15-17H,8-14H2,1-7H3/b19-15+. The van der Waals surface area contributed by atoms with Crippen LogP contribution >= 0.6 is 0 Å². The minimum Gasteiger partial charge on any atom is -0.493 e. The molecular weight excluding hydrogens is 466 g/mol. The molecule has 0 radical (unpaired) electrons. The van der Waals surface area contributed by atoms with Crippen molar-refractivity contribution in [2.75, 3.05) is 27.4 Å². The second kappa shape index (κ2) is 13.9. The number of carbonyl (C=O) groups excluding carboxylic acids is 1. The maximum atomic E-state index is 15.4. The van der Waals surface area contributed by atoms with E-state index in [-0.39, 0.29) is 36.2 Å². The third-order valence-electron chi connectivity index (χ3n) is 6.05. The fraction of sp³-hybridized carbons (Fsp3) is 0.483. The van der Waals surface area contributed by atoms with Gasteiger partial charge in [-0.05, 0) is 73.6 Å². The van der Waals surface area contributed by atoms with Crippen LogP contribution in [-0.4, -0.2) is 33.2 Å². The van der Waals surface area contributed by atoms with Crippen molar-refractivity contribution in [3.8, 4) is 23.0 Å². The summed E-state index contributed by atoms with van der Waals surface area (Å²) in [6.45, 7) is 9.49. The van der Waals surface area contributed by atoms with E-state index in [9.17, 15) is 4.79 Å². The number of Topliss-reactive ketones (excluding diaryl/α,β-unsaturated/α-hetero) is 1. The van der Waals surface area contributed by atoms with Crippen LogP contribution in [0.2, 0.25) is 0 Å². The van der Waals surface area contributed by atoms with Gasteiger partial charge in [-0.15, -0.1) is 0 Å². The normalized spacial score (nSPS) is 11.4. The van der Waals surface area contributed by atoms with Crippen molar-refractivity contribution >= 4 is 11.9 Å². The molecule has 5 nitrogen and oxygen atoms in total. The van der Waals surface area contributed by atoms with Crippen LogP contribution in [0.1, 0.15) is 69.2 Å². The van der Waals surface area contributed by atoms with Gasteiger partial charge in [0.25, 0.3) is 0 Å². The highest BCUT2D eigenvalue weighted by Gasteiger charge is 2.20. The van der Waals surface area contributed by atoms with Crippen LogP contribution in [0.15, 0.2) is 17.7 Å². The fourth-order valence-corrected chi connectivity index (χ4v) is 4.02. The molecule has 0 fully saturated rings. The van der Waals surface area contributed by atoms with Gasteiger partial charge >= 0.3 is 0 Å². The lowest BCUT2D eigenvalue weighted by molar-refractivity contribution is -0.115. The zero-order valence-electron chi connectivity index (χ0n) is 22.5. The average molecular weight is 505 g/mol. The molecule has 0 amide bonds. The summed E-state index contributed by atoms with van der Waals surface area (Å²) in [6, 6.07) is 3.49. The molecule has 0 aliphatic heterocycles. The molecule has 0 aliphatic carbocycles. The van der Waals surface area contributed by atoms with Crippen LogP contribution in [0.4, 0.5) is 8.78 Å². The molecule has 0 atom stereocenters. The monoisotopic (exact) mass is 504 g/mol. The molecule has 7 heteroatoms. The average Bonchev–Trinajstić information content (AvgIpc) is 2.87. The Morgan fingerprint density at radius 2 is 1.50 bits per heavy atom. The number of ether oxygens (including phenoxy) is 4. The van der Waals surface area contributed by atoms with Gasteiger partial charge < -0.3 is 18.9 Å². The largest absolute Gasteiger partial charge is 0.493 e. The molecule has 0 N–H and O–H groups in total. The van der Waals surface area contributed by atoms with E-state index in [0.717, 1.165) is 12.0 Å². The molecule has 0 saturated carbocycles. The molecule has 36 heavy (non-hydrogen) atoms. The molecule has 198 valence electrons. The van der Waals surface area contributed by atoms with E-state index in [4.69, 9.17) is 18.9 Å². The van der Waals surface area contributed by atoms with Crippen LogP contribution in [0.25, 0.3) is 6.08 Å². The van der Waals surface area contributed by atoms with Crippen molar-refractivity contribution in [3.05, 3.63) is 51.6 Å². The van der Waals surface area contributed by atoms with Gasteiger partial charge in [0.2, 0.25) is 0 Å². The summed E-state index contributed by atoms with van der Waals surface area (Å²) in [5.74, 6) is -0.376. The summed E-state index contributed by atoms with van der Waals surface area (Å²) >= 11 is 0. The summed E-state index contributed by atoms with van der Waals surface area (Å²) < 4.78 is 52.6. The van der Waals surface area contributed by atoms with Crippen LogP contribution < -0.4 is 18.9 Å². The molecule has 2 rings (SSSR count). The van der Waals surface area contributed by atoms with Crippen molar-refractivity contribution in [2.45, 2.75) is 66.7 Å². The van der Waals surface area contributed by atoms with Gasteiger partial charge in [-0.3, -0.25) is 4.79 Å². The lowest BCUT2D eigenvalue weighted by Gasteiger charge is -2.17. The quantitative estimate of drug-likeness (QED) is 0.204. The zero-order valence-corrected chi connectivity index (χ0v) is 22.5. The molecule has 2 aromatic carbocycles. The van der Waals surface area contributed by atoms with E-state index in [1.807, 2.05) is 26.8 Å². The number of hydrogen-bond acceptors (Lipinski definition) is 5. The first kappa shape index (κ1) is 29.1. The summed E-state index contributed by atoms with van der Waals surface area (Å²) in [6.07, 6.45) is 4.30. The second-order valence-corrected chi connectivity index (χ2v) is 8.57. The van der Waals surface area contributed by atoms with Crippen molar-refractivity contribution in [1.29, 1.82) is 0 Å². The Bertz CT molecular complexity index is 1090. The number of benzene rings is 2. The van der Waals surface area contributed by atoms with Crippen molar-refractivity contribution < 1.29 is 32.5 Å². The van der Waals surface area contributed by atoms with Gasteiger partial charge in [-0.1, -0.05) is 20.8 Å². The van der Waals surface area contributed by atoms with Gasteiger partial charge in [-0.25, -0.2) is 8.78 Å². The topological polar surface area (TPSA) is 54.0 Å². The van der Waals surface area contributed by atoms with Crippen LogP contribution in [0, 0.1) is 18.6 Å². The summed E-state index contributed by atoms with van der Waals surface area (Å²) in [5, 5.41) is 0. The molecule has 0 bridgehead atoms. The Morgan fingerprint density at radius 3 is 2.03 bits per heavy atom. The number of halogens is 2. The van der Waals surface area contributed by atoms with E-state index in [2.05, 4.69) is 0 Å². The Hall–Kier alpha value is -3.09. The van der Waals surface area contributed by atoms with E-state index < -0.39 is 11.6 Å². The summed E-state index contributed by atoms with van der Waals surface area (Å²) in [4.78, 5) is 12.2. The third-order valence-corrected chi connectivity index (χ3v) is 6.05. The number of allylic oxidation sites excluding steroid dienone is 1. The van der Waals surface area contributed by atoms with Gasteiger partial charge in [0.05, 0.1) is 27.4 Å². The SMILES string of the molecule is CCCC(=O)/C(C)=C/c1c(C)cc(OC)c(OCCCOc2c(OC)cc(CC)c(CC)c2F)c1F. The molecule has 2 aromatic rings. The van der Waals surface area contributed by atoms with Gasteiger partial charge in [-0.2, -0.15) is 0 Å². The second-order valence-electron chi connectivity index (χ2n) is 8.57. The highest BCUT2D eigenvalue weighted by molar-refractivity contribution is 5.99. The predicted octanol–water partition coefficient (Wildman–Crippen LogP) is 7.04. The molecular formula is C29H38F2O5. The molecule has 0 heterocycles. The number of rotatable bonds is 14. The smallest absolute Gasteiger partial charge is 0.197 e. The minimum atomic E-state index is -0.591. The first-order valence-corrected chi connectivity index (χ1v) is 12.5. The number of hydrogen-bond donors (Lipinski definition) is 0. The Labute approximate surface area is 213 Å². The van der Waals surface area contributed by atoms with Crippen molar-refractivity contribution in [2.24, 2.45) is 0 Å². The third kappa shape index (κ3) is 6.77. The minimum absolute atomic E-state index is 0.0207. The highest BCUT2D eigenvalue weighted by Crippen LogP contribution is 2.37. The van der Waals surface area contributed by atoms with E-state index in [0.29, 0.717) is 53.7 Å². The van der Waals surface area contributed by atoms with Gasteiger partial charge in [0, 0.05) is 18.4 Å².